The highest BCUT2D eigenvalue weighted by atomic mass is 79.9. The number of hydrogen-bond donors (Lipinski definition) is 1. The van der Waals surface area contributed by atoms with Crippen LogP contribution in [0.2, 0.25) is 0 Å². The molecular weight excluding hydrogens is 325 g/mol. The van der Waals surface area contributed by atoms with Crippen LogP contribution in [-0.2, 0) is 11.2 Å². The number of aliphatic hydroxyl groups excluding tert-OH is 1. The molecule has 0 saturated heterocycles. The van der Waals surface area contributed by atoms with E-state index in [1.807, 2.05) is 6.92 Å². The third-order valence-corrected chi connectivity index (χ3v) is 4.17. The molecule has 110 valence electrons. The van der Waals surface area contributed by atoms with E-state index < -0.39 is 0 Å². The summed E-state index contributed by atoms with van der Waals surface area (Å²) in [7, 11) is 0. The zero-order chi connectivity index (χ0) is 14.7. The van der Waals surface area contributed by atoms with E-state index in [1.165, 1.54) is 6.07 Å². The maximum absolute atomic E-state index is 13.2. The van der Waals surface area contributed by atoms with E-state index in [1.54, 1.807) is 17.0 Å². The van der Waals surface area contributed by atoms with Gasteiger partial charge >= 0.3 is 0 Å². The van der Waals surface area contributed by atoms with Gasteiger partial charge in [-0.05, 0) is 52.9 Å². The highest BCUT2D eigenvalue weighted by Gasteiger charge is 2.34. The zero-order valence-corrected chi connectivity index (χ0v) is 13.1. The SMILES string of the molecule is CC(Cc1ccc(F)c(Br)c1)C(=O)N(CCO)C1CC1. The molecule has 1 unspecified atom stereocenters. The summed E-state index contributed by atoms with van der Waals surface area (Å²) in [5, 5.41) is 9.06. The summed E-state index contributed by atoms with van der Waals surface area (Å²) in [5.74, 6) is -0.394. The van der Waals surface area contributed by atoms with Crippen LogP contribution in [0.3, 0.4) is 0 Å². The molecule has 1 N–H and O–H groups in total. The number of amides is 1. The summed E-state index contributed by atoms with van der Waals surface area (Å²) in [6.07, 6.45) is 2.63. The molecule has 1 aliphatic rings. The molecule has 3 nitrogen and oxygen atoms in total. The topological polar surface area (TPSA) is 40.5 Å². The smallest absolute Gasteiger partial charge is 0.226 e. The van der Waals surface area contributed by atoms with E-state index in [2.05, 4.69) is 15.9 Å². The standard InChI is InChI=1S/C15H19BrFNO2/c1-10(8-11-2-5-14(17)13(16)9-11)15(20)18(6-7-19)12-3-4-12/h2,5,9-10,12,19H,3-4,6-8H2,1H3. The van der Waals surface area contributed by atoms with Gasteiger partial charge in [-0.1, -0.05) is 13.0 Å². The van der Waals surface area contributed by atoms with Gasteiger partial charge in [0.15, 0.2) is 0 Å². The predicted octanol–water partition coefficient (Wildman–Crippen LogP) is 2.75. The molecule has 1 aromatic rings. The van der Waals surface area contributed by atoms with Gasteiger partial charge in [-0.3, -0.25) is 4.79 Å². The van der Waals surface area contributed by atoms with Crippen molar-refractivity contribution in [1.82, 2.24) is 4.90 Å². The van der Waals surface area contributed by atoms with Crippen LogP contribution in [0, 0.1) is 11.7 Å². The van der Waals surface area contributed by atoms with E-state index in [-0.39, 0.29) is 24.2 Å². The van der Waals surface area contributed by atoms with Crippen molar-refractivity contribution >= 4 is 21.8 Å². The lowest BCUT2D eigenvalue weighted by Crippen LogP contribution is -2.39. The Balaban J connectivity index is 2.00. The van der Waals surface area contributed by atoms with Crippen LogP contribution < -0.4 is 0 Å². The Kier molecular flexibility index (Phi) is 5.16. The number of carbonyl (C=O) groups excluding carboxylic acids is 1. The molecule has 0 radical (unpaired) electrons. The average molecular weight is 344 g/mol. The molecule has 1 saturated carbocycles. The minimum absolute atomic E-state index is 0.00292. The monoisotopic (exact) mass is 343 g/mol. The lowest BCUT2D eigenvalue weighted by Gasteiger charge is -2.25. The average Bonchev–Trinajstić information content (AvgIpc) is 3.24. The van der Waals surface area contributed by atoms with Gasteiger partial charge in [-0.25, -0.2) is 4.39 Å². The molecule has 0 spiro atoms. The second-order valence-electron chi connectivity index (χ2n) is 5.34. The van der Waals surface area contributed by atoms with Crippen molar-refractivity contribution in [2.75, 3.05) is 13.2 Å². The summed E-state index contributed by atoms with van der Waals surface area (Å²) in [6, 6.07) is 5.13. The van der Waals surface area contributed by atoms with Crippen molar-refractivity contribution in [2.24, 2.45) is 5.92 Å². The van der Waals surface area contributed by atoms with E-state index in [9.17, 15) is 9.18 Å². The highest BCUT2D eigenvalue weighted by molar-refractivity contribution is 9.10. The van der Waals surface area contributed by atoms with Crippen molar-refractivity contribution in [3.05, 3.63) is 34.1 Å². The van der Waals surface area contributed by atoms with E-state index >= 15 is 0 Å². The zero-order valence-electron chi connectivity index (χ0n) is 11.5. The number of aliphatic hydroxyl groups is 1. The number of hydrogen-bond acceptors (Lipinski definition) is 2. The fourth-order valence-corrected chi connectivity index (χ4v) is 2.78. The van der Waals surface area contributed by atoms with Crippen LogP contribution in [0.4, 0.5) is 4.39 Å². The Morgan fingerprint density at radius 3 is 2.80 bits per heavy atom. The quantitative estimate of drug-likeness (QED) is 0.862. The van der Waals surface area contributed by atoms with E-state index in [0.29, 0.717) is 23.5 Å². The van der Waals surface area contributed by atoms with Crippen LogP contribution in [0.25, 0.3) is 0 Å². The Morgan fingerprint density at radius 1 is 1.55 bits per heavy atom. The summed E-state index contributed by atoms with van der Waals surface area (Å²) in [5.41, 5.74) is 0.930. The van der Waals surface area contributed by atoms with Crippen molar-refractivity contribution in [1.29, 1.82) is 0 Å². The van der Waals surface area contributed by atoms with Gasteiger partial charge in [0.1, 0.15) is 5.82 Å². The largest absolute Gasteiger partial charge is 0.395 e. The molecular formula is C15H19BrFNO2. The van der Waals surface area contributed by atoms with Crippen LogP contribution in [-0.4, -0.2) is 35.1 Å². The van der Waals surface area contributed by atoms with Crippen molar-refractivity contribution < 1.29 is 14.3 Å². The minimum atomic E-state index is -0.299. The first kappa shape index (κ1) is 15.4. The van der Waals surface area contributed by atoms with E-state index in [4.69, 9.17) is 5.11 Å². The van der Waals surface area contributed by atoms with Gasteiger partial charge in [0.2, 0.25) is 5.91 Å². The number of nitrogens with zero attached hydrogens (tertiary/aromatic N) is 1. The van der Waals surface area contributed by atoms with Gasteiger partial charge in [0, 0.05) is 18.5 Å². The van der Waals surface area contributed by atoms with Gasteiger partial charge < -0.3 is 10.0 Å². The Bertz CT molecular complexity index is 491. The number of rotatable bonds is 6. The molecule has 0 aliphatic heterocycles. The first-order chi connectivity index (χ1) is 9.52. The summed E-state index contributed by atoms with van der Waals surface area (Å²) < 4.78 is 13.6. The summed E-state index contributed by atoms with van der Waals surface area (Å²) in [4.78, 5) is 14.2. The van der Waals surface area contributed by atoms with Crippen LogP contribution in [0.5, 0.6) is 0 Å². The second kappa shape index (κ2) is 6.68. The highest BCUT2D eigenvalue weighted by Crippen LogP contribution is 2.28. The Morgan fingerprint density at radius 2 is 2.25 bits per heavy atom. The molecule has 1 aromatic carbocycles. The molecule has 5 heteroatoms. The first-order valence-corrected chi connectivity index (χ1v) is 7.67. The predicted molar refractivity (Wildman–Crippen MR) is 78.8 cm³/mol. The molecule has 20 heavy (non-hydrogen) atoms. The number of benzene rings is 1. The molecule has 0 bridgehead atoms. The Hall–Kier alpha value is -0.940. The van der Waals surface area contributed by atoms with Crippen LogP contribution >= 0.6 is 15.9 Å². The molecule has 0 heterocycles. The second-order valence-corrected chi connectivity index (χ2v) is 6.19. The molecule has 1 atom stereocenters. The molecule has 0 aromatic heterocycles. The fourth-order valence-electron chi connectivity index (χ4n) is 2.36. The van der Waals surface area contributed by atoms with Crippen molar-refractivity contribution in [3.63, 3.8) is 0 Å². The lowest BCUT2D eigenvalue weighted by molar-refractivity contribution is -0.136. The fraction of sp³-hybridized carbons (Fsp3) is 0.533. The lowest BCUT2D eigenvalue weighted by atomic mass is 9.99. The minimum Gasteiger partial charge on any atom is -0.395 e. The maximum atomic E-state index is 13.2. The van der Waals surface area contributed by atoms with E-state index in [0.717, 1.165) is 18.4 Å². The number of carbonyl (C=O) groups is 1. The molecule has 1 fully saturated rings. The normalized spacial score (nSPS) is 16.0. The van der Waals surface area contributed by atoms with Crippen LogP contribution in [0.1, 0.15) is 25.3 Å². The van der Waals surface area contributed by atoms with Gasteiger partial charge in [0.25, 0.3) is 0 Å². The summed E-state index contributed by atoms with van der Waals surface area (Å²) in [6.45, 7) is 2.28. The van der Waals surface area contributed by atoms with Gasteiger partial charge in [-0.2, -0.15) is 0 Å². The third-order valence-electron chi connectivity index (χ3n) is 3.56. The number of halogens is 2. The van der Waals surface area contributed by atoms with Crippen molar-refractivity contribution in [3.8, 4) is 0 Å². The van der Waals surface area contributed by atoms with Crippen LogP contribution in [0.15, 0.2) is 22.7 Å². The maximum Gasteiger partial charge on any atom is 0.226 e. The molecule has 1 aliphatic carbocycles. The third kappa shape index (κ3) is 3.79. The molecule has 2 rings (SSSR count). The first-order valence-electron chi connectivity index (χ1n) is 6.88. The summed E-state index contributed by atoms with van der Waals surface area (Å²) >= 11 is 3.16. The molecule has 1 amide bonds. The van der Waals surface area contributed by atoms with Gasteiger partial charge in [0.05, 0.1) is 11.1 Å². The van der Waals surface area contributed by atoms with Gasteiger partial charge in [-0.15, -0.1) is 0 Å². The van der Waals surface area contributed by atoms with Crippen molar-refractivity contribution in [2.45, 2.75) is 32.2 Å². The Labute approximate surface area is 126 Å².